The predicted octanol–water partition coefficient (Wildman–Crippen LogP) is 2.58. The number of benzene rings is 1. The lowest BCUT2D eigenvalue weighted by atomic mass is 10.2. The van der Waals surface area contributed by atoms with Gasteiger partial charge in [0.1, 0.15) is 5.76 Å². The highest BCUT2D eigenvalue weighted by molar-refractivity contribution is 8.00. The van der Waals surface area contributed by atoms with Gasteiger partial charge in [0.15, 0.2) is 0 Å². The van der Waals surface area contributed by atoms with Gasteiger partial charge < -0.3 is 15.5 Å². The molecule has 5 heteroatoms. The molecule has 1 amide bonds. The van der Waals surface area contributed by atoms with Crippen molar-refractivity contribution in [1.29, 1.82) is 0 Å². The number of thioether (sulfide) groups is 1. The van der Waals surface area contributed by atoms with Crippen LogP contribution < -0.4 is 11.1 Å². The summed E-state index contributed by atoms with van der Waals surface area (Å²) in [6, 6.07) is 9.45. The van der Waals surface area contributed by atoms with Gasteiger partial charge in [-0.2, -0.15) is 0 Å². The SMILES string of the molecule is Cc1ccc(SCC(=O)NCc2ccco2)c(N)c1. The highest BCUT2D eigenvalue weighted by atomic mass is 32.2. The molecule has 0 aliphatic rings. The molecule has 0 unspecified atom stereocenters. The summed E-state index contributed by atoms with van der Waals surface area (Å²) in [7, 11) is 0. The minimum absolute atomic E-state index is 0.0404. The molecule has 1 aromatic heterocycles. The van der Waals surface area contributed by atoms with Crippen molar-refractivity contribution in [1.82, 2.24) is 5.32 Å². The maximum absolute atomic E-state index is 11.7. The van der Waals surface area contributed by atoms with Crippen LogP contribution in [0.4, 0.5) is 5.69 Å². The molecule has 0 atom stereocenters. The summed E-state index contributed by atoms with van der Waals surface area (Å²) in [4.78, 5) is 12.6. The summed E-state index contributed by atoms with van der Waals surface area (Å²) in [5.74, 6) is 1.04. The first-order valence-electron chi connectivity index (χ1n) is 5.93. The third-order valence-corrected chi connectivity index (χ3v) is 3.65. The molecule has 1 heterocycles. The summed E-state index contributed by atoms with van der Waals surface area (Å²) < 4.78 is 5.14. The summed E-state index contributed by atoms with van der Waals surface area (Å²) >= 11 is 1.43. The van der Waals surface area contributed by atoms with E-state index >= 15 is 0 Å². The molecule has 2 aromatic rings. The molecule has 100 valence electrons. The van der Waals surface area contributed by atoms with Crippen molar-refractivity contribution >= 4 is 23.4 Å². The van der Waals surface area contributed by atoms with Gasteiger partial charge in [-0.25, -0.2) is 0 Å². The number of hydrogen-bond acceptors (Lipinski definition) is 4. The molecule has 4 nitrogen and oxygen atoms in total. The van der Waals surface area contributed by atoms with Gasteiger partial charge in [-0.15, -0.1) is 11.8 Å². The number of rotatable bonds is 5. The number of furan rings is 1. The van der Waals surface area contributed by atoms with E-state index in [1.807, 2.05) is 31.2 Å². The molecule has 3 N–H and O–H groups in total. The third kappa shape index (κ3) is 4.06. The normalized spacial score (nSPS) is 10.4. The van der Waals surface area contributed by atoms with Crippen LogP contribution in [0.15, 0.2) is 45.9 Å². The van der Waals surface area contributed by atoms with Crippen LogP contribution in [0.1, 0.15) is 11.3 Å². The molecular formula is C14H16N2O2S. The molecule has 0 spiro atoms. The standard InChI is InChI=1S/C14H16N2O2S/c1-10-4-5-13(12(15)7-10)19-9-14(17)16-8-11-3-2-6-18-11/h2-7H,8-9,15H2,1H3,(H,16,17). The van der Waals surface area contributed by atoms with Crippen LogP contribution in [-0.4, -0.2) is 11.7 Å². The van der Waals surface area contributed by atoms with Crippen molar-refractivity contribution in [3.63, 3.8) is 0 Å². The fraction of sp³-hybridized carbons (Fsp3) is 0.214. The number of nitrogen functional groups attached to an aromatic ring is 1. The minimum atomic E-state index is -0.0404. The Kier molecular flexibility index (Phi) is 4.52. The Balaban J connectivity index is 1.80. The van der Waals surface area contributed by atoms with E-state index in [1.165, 1.54) is 11.8 Å². The Morgan fingerprint density at radius 3 is 2.95 bits per heavy atom. The molecule has 0 radical (unpaired) electrons. The van der Waals surface area contributed by atoms with Gasteiger partial charge in [-0.05, 0) is 36.8 Å². The first-order valence-corrected chi connectivity index (χ1v) is 6.92. The lowest BCUT2D eigenvalue weighted by molar-refractivity contribution is -0.118. The molecular weight excluding hydrogens is 260 g/mol. The second-order valence-electron chi connectivity index (χ2n) is 4.19. The molecule has 1 aromatic carbocycles. The van der Waals surface area contributed by atoms with Crippen molar-refractivity contribution < 1.29 is 9.21 Å². The predicted molar refractivity (Wildman–Crippen MR) is 76.9 cm³/mol. The molecule has 0 fully saturated rings. The molecule has 0 saturated heterocycles. The van der Waals surface area contributed by atoms with Crippen LogP contribution in [-0.2, 0) is 11.3 Å². The van der Waals surface area contributed by atoms with Crippen LogP contribution in [0.2, 0.25) is 0 Å². The van der Waals surface area contributed by atoms with Crippen molar-refractivity contribution in [3.05, 3.63) is 47.9 Å². The summed E-state index contributed by atoms with van der Waals surface area (Å²) in [5.41, 5.74) is 7.72. The van der Waals surface area contributed by atoms with E-state index in [9.17, 15) is 4.79 Å². The smallest absolute Gasteiger partial charge is 0.230 e. The number of hydrogen-bond donors (Lipinski definition) is 2. The van der Waals surface area contributed by atoms with Crippen LogP contribution in [0, 0.1) is 6.92 Å². The largest absolute Gasteiger partial charge is 0.467 e. The van der Waals surface area contributed by atoms with Gasteiger partial charge in [0.05, 0.1) is 18.6 Å². The molecule has 0 aliphatic heterocycles. The van der Waals surface area contributed by atoms with Gasteiger partial charge in [0.2, 0.25) is 5.91 Å². The van der Waals surface area contributed by atoms with Gasteiger partial charge in [0, 0.05) is 10.6 Å². The van der Waals surface area contributed by atoms with E-state index < -0.39 is 0 Å². The minimum Gasteiger partial charge on any atom is -0.467 e. The zero-order valence-electron chi connectivity index (χ0n) is 10.7. The van der Waals surface area contributed by atoms with Crippen LogP contribution in [0.25, 0.3) is 0 Å². The monoisotopic (exact) mass is 276 g/mol. The quantitative estimate of drug-likeness (QED) is 0.650. The van der Waals surface area contributed by atoms with Gasteiger partial charge in [-0.3, -0.25) is 4.79 Å². The van der Waals surface area contributed by atoms with Crippen molar-refractivity contribution in [3.8, 4) is 0 Å². The van der Waals surface area contributed by atoms with E-state index in [1.54, 1.807) is 12.3 Å². The highest BCUT2D eigenvalue weighted by Gasteiger charge is 2.06. The van der Waals surface area contributed by atoms with Gasteiger partial charge in [0.25, 0.3) is 0 Å². The fourth-order valence-electron chi connectivity index (χ4n) is 1.59. The van der Waals surface area contributed by atoms with Crippen molar-refractivity contribution in [2.75, 3.05) is 11.5 Å². The van der Waals surface area contributed by atoms with Crippen LogP contribution >= 0.6 is 11.8 Å². The fourth-order valence-corrected chi connectivity index (χ4v) is 2.37. The second kappa shape index (κ2) is 6.33. The number of nitrogens with two attached hydrogens (primary N) is 1. The summed E-state index contributed by atoms with van der Waals surface area (Å²) in [5, 5.41) is 2.79. The summed E-state index contributed by atoms with van der Waals surface area (Å²) in [6.45, 7) is 2.40. The first kappa shape index (κ1) is 13.5. The zero-order valence-corrected chi connectivity index (χ0v) is 11.5. The second-order valence-corrected chi connectivity index (χ2v) is 5.20. The molecule has 0 aliphatic carbocycles. The Bertz CT molecular complexity index is 553. The van der Waals surface area contributed by atoms with Crippen molar-refractivity contribution in [2.24, 2.45) is 0 Å². The first-order chi connectivity index (χ1) is 9.15. The summed E-state index contributed by atoms with van der Waals surface area (Å²) in [6.07, 6.45) is 1.59. The topological polar surface area (TPSA) is 68.3 Å². The van der Waals surface area contributed by atoms with E-state index in [0.29, 0.717) is 18.0 Å². The zero-order chi connectivity index (χ0) is 13.7. The lowest BCUT2D eigenvalue weighted by Crippen LogP contribution is -2.24. The van der Waals surface area contributed by atoms with Crippen LogP contribution in [0.3, 0.4) is 0 Å². The Morgan fingerprint density at radius 1 is 1.42 bits per heavy atom. The molecule has 0 bridgehead atoms. The van der Waals surface area contributed by atoms with E-state index in [4.69, 9.17) is 10.2 Å². The van der Waals surface area contributed by atoms with Gasteiger partial charge in [-0.1, -0.05) is 6.07 Å². The number of aryl methyl sites for hydroxylation is 1. The Labute approximate surface area is 116 Å². The number of anilines is 1. The third-order valence-electron chi connectivity index (χ3n) is 2.56. The maximum Gasteiger partial charge on any atom is 0.230 e. The average Bonchev–Trinajstić information content (AvgIpc) is 2.88. The highest BCUT2D eigenvalue weighted by Crippen LogP contribution is 2.25. The number of carbonyl (C=O) groups is 1. The lowest BCUT2D eigenvalue weighted by Gasteiger charge is -2.06. The van der Waals surface area contributed by atoms with E-state index in [-0.39, 0.29) is 5.91 Å². The molecule has 19 heavy (non-hydrogen) atoms. The Morgan fingerprint density at radius 2 is 2.26 bits per heavy atom. The number of amides is 1. The maximum atomic E-state index is 11.7. The Hall–Kier alpha value is -1.88. The van der Waals surface area contributed by atoms with Crippen LogP contribution in [0.5, 0.6) is 0 Å². The number of carbonyl (C=O) groups excluding carboxylic acids is 1. The van der Waals surface area contributed by atoms with E-state index in [2.05, 4.69) is 5.32 Å². The average molecular weight is 276 g/mol. The van der Waals surface area contributed by atoms with E-state index in [0.717, 1.165) is 16.2 Å². The molecule has 2 rings (SSSR count). The molecule has 0 saturated carbocycles. The number of nitrogens with one attached hydrogen (secondary N) is 1. The van der Waals surface area contributed by atoms with Crippen molar-refractivity contribution in [2.45, 2.75) is 18.4 Å². The van der Waals surface area contributed by atoms with Gasteiger partial charge >= 0.3 is 0 Å².